The van der Waals surface area contributed by atoms with E-state index in [1.807, 2.05) is 6.07 Å². The highest BCUT2D eigenvalue weighted by molar-refractivity contribution is 5.85. The van der Waals surface area contributed by atoms with Crippen molar-refractivity contribution in [3.63, 3.8) is 0 Å². The van der Waals surface area contributed by atoms with Gasteiger partial charge in [-0.2, -0.15) is 5.26 Å². The summed E-state index contributed by atoms with van der Waals surface area (Å²) in [6, 6.07) is 2.03. The Hall–Kier alpha value is -1.83. The fraction of sp³-hybridized carbons (Fsp3) is 0.444. The Morgan fingerprint density at radius 1 is 1.79 bits per heavy atom. The first-order valence-electron chi connectivity index (χ1n) is 4.13. The van der Waals surface area contributed by atoms with Gasteiger partial charge in [-0.1, -0.05) is 0 Å². The maximum absolute atomic E-state index is 11.2. The molecule has 1 aromatic rings. The van der Waals surface area contributed by atoms with Gasteiger partial charge in [-0.15, -0.1) is 0 Å². The van der Waals surface area contributed by atoms with Crippen molar-refractivity contribution in [2.45, 2.75) is 13.8 Å². The number of nitrogens with zero attached hydrogens (tertiary/aromatic N) is 2. The molecule has 14 heavy (non-hydrogen) atoms. The van der Waals surface area contributed by atoms with Crippen molar-refractivity contribution in [3.05, 3.63) is 18.2 Å². The van der Waals surface area contributed by atoms with Crippen LogP contribution in [-0.4, -0.2) is 22.5 Å². The van der Waals surface area contributed by atoms with Gasteiger partial charge in [-0.05, 0) is 13.8 Å². The second-order valence-electron chi connectivity index (χ2n) is 3.51. The summed E-state index contributed by atoms with van der Waals surface area (Å²) in [5.41, 5.74) is -0.664. The topological polar surface area (TPSA) is 78.8 Å². The molecule has 0 bridgehead atoms. The molecule has 0 amide bonds. The molecule has 5 nitrogen and oxygen atoms in total. The Morgan fingerprint density at radius 3 is 3.00 bits per heavy atom. The predicted molar refractivity (Wildman–Crippen MR) is 48.3 cm³/mol. The van der Waals surface area contributed by atoms with Crippen LogP contribution in [0.4, 0.5) is 0 Å². The standard InChI is InChI=1S/C9H11N3O2/c1-9(2,5-10)6-14-8(13)7-11-3-4-12-7/h3-4H,6H2,1-2H3,(H,11,12). The van der Waals surface area contributed by atoms with Gasteiger partial charge in [0.15, 0.2) is 0 Å². The number of aromatic nitrogens is 2. The van der Waals surface area contributed by atoms with E-state index in [-0.39, 0.29) is 12.4 Å². The molecule has 1 N–H and O–H groups in total. The van der Waals surface area contributed by atoms with Gasteiger partial charge in [0.25, 0.3) is 0 Å². The van der Waals surface area contributed by atoms with Crippen molar-refractivity contribution < 1.29 is 9.53 Å². The molecule has 0 atom stereocenters. The van der Waals surface area contributed by atoms with E-state index in [1.54, 1.807) is 13.8 Å². The Labute approximate surface area is 81.7 Å². The third-order valence-corrected chi connectivity index (χ3v) is 1.56. The number of aromatic amines is 1. The van der Waals surface area contributed by atoms with Gasteiger partial charge in [0.05, 0.1) is 11.5 Å². The van der Waals surface area contributed by atoms with Crippen LogP contribution in [-0.2, 0) is 4.74 Å². The molecule has 1 aromatic heterocycles. The molecule has 0 saturated heterocycles. The lowest BCUT2D eigenvalue weighted by atomic mass is 9.98. The molecular weight excluding hydrogens is 182 g/mol. The number of hydrogen-bond acceptors (Lipinski definition) is 4. The minimum Gasteiger partial charge on any atom is -0.458 e. The average molecular weight is 193 g/mol. The lowest BCUT2D eigenvalue weighted by Gasteiger charge is -2.13. The van der Waals surface area contributed by atoms with Crippen LogP contribution in [0.3, 0.4) is 0 Å². The van der Waals surface area contributed by atoms with Gasteiger partial charge in [0, 0.05) is 12.4 Å². The van der Waals surface area contributed by atoms with E-state index < -0.39 is 11.4 Å². The Bertz CT molecular complexity index is 349. The number of carbonyl (C=O) groups is 1. The molecule has 5 heteroatoms. The van der Waals surface area contributed by atoms with Crippen LogP contribution in [0.25, 0.3) is 0 Å². The van der Waals surface area contributed by atoms with E-state index in [1.165, 1.54) is 12.4 Å². The number of rotatable bonds is 3. The average Bonchev–Trinajstić information content (AvgIpc) is 2.67. The normalized spacial score (nSPS) is 10.6. The van der Waals surface area contributed by atoms with E-state index >= 15 is 0 Å². The maximum Gasteiger partial charge on any atom is 0.374 e. The van der Waals surface area contributed by atoms with Crippen LogP contribution in [0.15, 0.2) is 12.4 Å². The van der Waals surface area contributed by atoms with Crippen molar-refractivity contribution >= 4 is 5.97 Å². The van der Waals surface area contributed by atoms with Crippen LogP contribution in [0.2, 0.25) is 0 Å². The molecular formula is C9H11N3O2. The molecule has 0 aliphatic carbocycles. The zero-order valence-electron chi connectivity index (χ0n) is 8.07. The first-order valence-corrected chi connectivity index (χ1v) is 4.13. The Kier molecular flexibility index (Phi) is 2.87. The van der Waals surface area contributed by atoms with Crippen LogP contribution in [0, 0.1) is 16.7 Å². The second-order valence-corrected chi connectivity index (χ2v) is 3.51. The Balaban J connectivity index is 2.49. The number of esters is 1. The largest absolute Gasteiger partial charge is 0.458 e. The van der Waals surface area contributed by atoms with E-state index in [2.05, 4.69) is 9.97 Å². The van der Waals surface area contributed by atoms with Crippen LogP contribution in [0.1, 0.15) is 24.5 Å². The second kappa shape index (κ2) is 3.92. The summed E-state index contributed by atoms with van der Waals surface area (Å²) in [7, 11) is 0. The molecule has 0 spiro atoms. The highest BCUT2D eigenvalue weighted by Gasteiger charge is 2.20. The highest BCUT2D eigenvalue weighted by atomic mass is 16.5. The molecule has 0 aliphatic rings. The van der Waals surface area contributed by atoms with Crippen molar-refractivity contribution in [2.24, 2.45) is 5.41 Å². The summed E-state index contributed by atoms with van der Waals surface area (Å²) < 4.78 is 4.89. The summed E-state index contributed by atoms with van der Waals surface area (Å²) in [5.74, 6) is -0.392. The zero-order chi connectivity index (χ0) is 10.6. The van der Waals surface area contributed by atoms with Crippen LogP contribution < -0.4 is 0 Å². The lowest BCUT2D eigenvalue weighted by molar-refractivity contribution is 0.0394. The summed E-state index contributed by atoms with van der Waals surface area (Å²) in [5, 5.41) is 8.67. The predicted octanol–water partition coefficient (Wildman–Crippen LogP) is 1.12. The molecule has 1 heterocycles. The van der Waals surface area contributed by atoms with Crippen molar-refractivity contribution in [1.29, 1.82) is 5.26 Å². The van der Waals surface area contributed by atoms with E-state index in [0.717, 1.165) is 0 Å². The maximum atomic E-state index is 11.2. The Morgan fingerprint density at radius 2 is 2.50 bits per heavy atom. The van der Waals surface area contributed by atoms with Gasteiger partial charge in [0.2, 0.25) is 5.82 Å². The first kappa shape index (κ1) is 10.3. The molecule has 0 aliphatic heterocycles. The summed E-state index contributed by atoms with van der Waals surface area (Å²) in [6.07, 6.45) is 3.00. The van der Waals surface area contributed by atoms with E-state index in [4.69, 9.17) is 10.00 Å². The molecule has 0 fully saturated rings. The quantitative estimate of drug-likeness (QED) is 0.729. The van der Waals surface area contributed by atoms with Gasteiger partial charge in [-0.25, -0.2) is 9.78 Å². The smallest absolute Gasteiger partial charge is 0.374 e. The van der Waals surface area contributed by atoms with Gasteiger partial charge in [0.1, 0.15) is 6.61 Å². The minimum absolute atomic E-state index is 0.0586. The number of nitrogens with one attached hydrogen (secondary N) is 1. The SMILES string of the molecule is CC(C)(C#N)COC(=O)c1ncc[nH]1. The van der Waals surface area contributed by atoms with Crippen molar-refractivity contribution in [3.8, 4) is 6.07 Å². The van der Waals surface area contributed by atoms with Crippen LogP contribution in [0.5, 0.6) is 0 Å². The van der Waals surface area contributed by atoms with Crippen molar-refractivity contribution in [2.75, 3.05) is 6.61 Å². The molecule has 0 unspecified atom stereocenters. The molecule has 0 aromatic carbocycles. The molecule has 1 rings (SSSR count). The van der Waals surface area contributed by atoms with Crippen LogP contribution >= 0.6 is 0 Å². The molecule has 74 valence electrons. The number of carbonyl (C=O) groups excluding carboxylic acids is 1. The summed E-state index contributed by atoms with van der Waals surface area (Å²) >= 11 is 0. The van der Waals surface area contributed by atoms with Gasteiger partial charge in [-0.3, -0.25) is 0 Å². The van der Waals surface area contributed by atoms with E-state index in [9.17, 15) is 4.79 Å². The number of nitriles is 1. The monoisotopic (exact) mass is 193 g/mol. The third kappa shape index (κ3) is 2.59. The first-order chi connectivity index (χ1) is 6.55. The van der Waals surface area contributed by atoms with E-state index in [0.29, 0.717) is 0 Å². The summed E-state index contributed by atoms with van der Waals surface area (Å²) in [6.45, 7) is 3.45. The number of ether oxygens (including phenoxy) is 1. The fourth-order valence-corrected chi connectivity index (χ4v) is 0.724. The summed E-state index contributed by atoms with van der Waals surface area (Å²) in [4.78, 5) is 17.6. The highest BCUT2D eigenvalue weighted by Crippen LogP contribution is 2.13. The fourth-order valence-electron chi connectivity index (χ4n) is 0.724. The molecule has 0 radical (unpaired) electrons. The van der Waals surface area contributed by atoms with Crippen molar-refractivity contribution in [1.82, 2.24) is 9.97 Å². The van der Waals surface area contributed by atoms with Gasteiger partial charge >= 0.3 is 5.97 Å². The van der Waals surface area contributed by atoms with Gasteiger partial charge < -0.3 is 9.72 Å². The number of imidazole rings is 1. The molecule has 0 saturated carbocycles. The zero-order valence-corrected chi connectivity index (χ0v) is 8.07. The lowest BCUT2D eigenvalue weighted by Crippen LogP contribution is -2.20. The number of hydrogen-bond donors (Lipinski definition) is 1. The number of H-pyrrole nitrogens is 1. The third-order valence-electron chi connectivity index (χ3n) is 1.56. The minimum atomic E-state index is -0.664.